The normalized spacial score (nSPS) is 11.2. The van der Waals surface area contributed by atoms with E-state index in [4.69, 9.17) is 18.0 Å². The maximum absolute atomic E-state index is 13.7. The molecule has 0 aliphatic rings. The molecule has 0 bridgehead atoms. The Labute approximate surface area is 125 Å². The van der Waals surface area contributed by atoms with Gasteiger partial charge in [-0.05, 0) is 6.07 Å². The van der Waals surface area contributed by atoms with Crippen molar-refractivity contribution in [2.24, 2.45) is 11.1 Å². The van der Waals surface area contributed by atoms with Gasteiger partial charge in [0, 0.05) is 30.5 Å². The molecule has 1 aromatic rings. The molecule has 2 N–H and O–H groups in total. The average molecular weight is 296 g/mol. The summed E-state index contributed by atoms with van der Waals surface area (Å²) < 4.78 is 13.7. The predicted molar refractivity (Wildman–Crippen MR) is 82.7 cm³/mol. The number of rotatable bonds is 5. The number of amides is 1. The Bertz CT molecular complexity index is 497. The lowest BCUT2D eigenvalue weighted by atomic mass is 9.94. The Morgan fingerprint density at radius 1 is 1.35 bits per heavy atom. The van der Waals surface area contributed by atoms with E-state index in [1.54, 1.807) is 23.1 Å². The molecular weight excluding hydrogens is 275 g/mol. The van der Waals surface area contributed by atoms with E-state index < -0.39 is 5.41 Å². The summed E-state index contributed by atoms with van der Waals surface area (Å²) in [6.07, 6.45) is 0.436. The van der Waals surface area contributed by atoms with Gasteiger partial charge in [0.15, 0.2) is 0 Å². The van der Waals surface area contributed by atoms with Crippen LogP contribution in [-0.2, 0) is 11.3 Å². The summed E-state index contributed by atoms with van der Waals surface area (Å²) in [5.74, 6) is -0.355. The second-order valence-corrected chi connectivity index (χ2v) is 6.31. The van der Waals surface area contributed by atoms with Crippen LogP contribution in [0.1, 0.15) is 32.8 Å². The first-order chi connectivity index (χ1) is 9.21. The van der Waals surface area contributed by atoms with Crippen LogP contribution in [0.25, 0.3) is 0 Å². The fourth-order valence-electron chi connectivity index (χ4n) is 1.80. The Kier molecular flexibility index (Phi) is 5.62. The van der Waals surface area contributed by atoms with Crippen LogP contribution in [0.3, 0.4) is 0 Å². The lowest BCUT2D eigenvalue weighted by Crippen LogP contribution is -2.40. The molecule has 0 atom stereocenters. The topological polar surface area (TPSA) is 46.3 Å². The number of halogens is 1. The standard InChI is InChI=1S/C15H21FN2OS/c1-15(2,3)14(19)18(9-8-13(17)20)10-11-6-4-5-7-12(11)16/h4-7H,8-10H2,1-3H3,(H2,17,20). The van der Waals surface area contributed by atoms with Gasteiger partial charge in [0.1, 0.15) is 5.82 Å². The van der Waals surface area contributed by atoms with Crippen LogP contribution in [0.4, 0.5) is 4.39 Å². The summed E-state index contributed by atoms with van der Waals surface area (Å²) in [7, 11) is 0. The molecule has 1 amide bonds. The van der Waals surface area contributed by atoms with E-state index >= 15 is 0 Å². The van der Waals surface area contributed by atoms with Gasteiger partial charge in [-0.2, -0.15) is 0 Å². The Morgan fingerprint density at radius 2 is 1.95 bits per heavy atom. The first-order valence-corrected chi connectivity index (χ1v) is 6.93. The Morgan fingerprint density at radius 3 is 2.45 bits per heavy atom. The van der Waals surface area contributed by atoms with Crippen molar-refractivity contribution in [3.05, 3.63) is 35.6 Å². The van der Waals surface area contributed by atoms with Crippen LogP contribution >= 0.6 is 12.2 Å². The minimum absolute atomic E-state index is 0.0444. The second-order valence-electron chi connectivity index (χ2n) is 5.78. The Hall–Kier alpha value is -1.49. The molecule has 1 aromatic carbocycles. The van der Waals surface area contributed by atoms with Gasteiger partial charge in [0.2, 0.25) is 5.91 Å². The number of hydrogen-bond donors (Lipinski definition) is 1. The molecule has 0 aliphatic heterocycles. The van der Waals surface area contributed by atoms with Gasteiger partial charge >= 0.3 is 0 Å². The molecule has 0 unspecified atom stereocenters. The van der Waals surface area contributed by atoms with Gasteiger partial charge in [-0.3, -0.25) is 4.79 Å². The van der Waals surface area contributed by atoms with Crippen molar-refractivity contribution in [2.75, 3.05) is 6.54 Å². The molecule has 0 saturated carbocycles. The molecule has 5 heteroatoms. The first-order valence-electron chi connectivity index (χ1n) is 6.53. The van der Waals surface area contributed by atoms with Crippen LogP contribution < -0.4 is 5.73 Å². The first kappa shape index (κ1) is 16.6. The molecule has 0 spiro atoms. The number of benzene rings is 1. The zero-order valence-electron chi connectivity index (χ0n) is 12.1. The van der Waals surface area contributed by atoms with E-state index in [9.17, 15) is 9.18 Å². The van der Waals surface area contributed by atoms with Crippen molar-refractivity contribution in [1.29, 1.82) is 0 Å². The van der Waals surface area contributed by atoms with Gasteiger partial charge in [0.25, 0.3) is 0 Å². The molecule has 3 nitrogen and oxygen atoms in total. The van der Waals surface area contributed by atoms with E-state index in [2.05, 4.69) is 0 Å². The number of carbonyl (C=O) groups excluding carboxylic acids is 1. The SMILES string of the molecule is CC(C)(C)C(=O)N(CCC(N)=S)Cc1ccccc1F. The van der Waals surface area contributed by atoms with E-state index in [1.165, 1.54) is 6.07 Å². The average Bonchev–Trinajstić information content (AvgIpc) is 2.34. The van der Waals surface area contributed by atoms with Crippen LogP contribution in [0.15, 0.2) is 24.3 Å². The number of nitrogens with two attached hydrogens (primary N) is 1. The van der Waals surface area contributed by atoms with E-state index in [1.807, 2.05) is 20.8 Å². The summed E-state index contributed by atoms with van der Waals surface area (Å²) in [4.78, 5) is 14.4. The quantitative estimate of drug-likeness (QED) is 0.850. The molecule has 110 valence electrons. The minimum Gasteiger partial charge on any atom is -0.393 e. The molecule has 1 rings (SSSR count). The van der Waals surface area contributed by atoms with Crippen LogP contribution in [0.5, 0.6) is 0 Å². The predicted octanol–water partition coefficient (Wildman–Crippen LogP) is 2.88. The highest BCUT2D eigenvalue weighted by Gasteiger charge is 2.27. The number of carbonyl (C=O) groups is 1. The zero-order chi connectivity index (χ0) is 15.3. The van der Waals surface area contributed by atoms with Gasteiger partial charge in [-0.15, -0.1) is 0 Å². The van der Waals surface area contributed by atoms with Crippen molar-refractivity contribution < 1.29 is 9.18 Å². The molecule has 0 aromatic heterocycles. The van der Waals surface area contributed by atoms with Crippen LogP contribution in [0.2, 0.25) is 0 Å². The van der Waals surface area contributed by atoms with E-state index in [0.717, 1.165) is 0 Å². The van der Waals surface area contributed by atoms with Crippen molar-refractivity contribution in [3.63, 3.8) is 0 Å². The number of thiocarbonyl (C=S) groups is 1. The molecule has 0 aliphatic carbocycles. The fraction of sp³-hybridized carbons (Fsp3) is 0.467. The number of nitrogens with zero attached hydrogens (tertiary/aromatic N) is 1. The summed E-state index contributed by atoms with van der Waals surface area (Å²) in [6, 6.07) is 6.46. The van der Waals surface area contributed by atoms with Gasteiger partial charge in [-0.25, -0.2) is 4.39 Å². The smallest absolute Gasteiger partial charge is 0.228 e. The summed E-state index contributed by atoms with van der Waals surface area (Å²) >= 11 is 4.85. The summed E-state index contributed by atoms with van der Waals surface area (Å²) in [5, 5.41) is 0. The monoisotopic (exact) mass is 296 g/mol. The van der Waals surface area contributed by atoms with Gasteiger partial charge in [0.05, 0.1) is 4.99 Å². The van der Waals surface area contributed by atoms with Gasteiger partial charge in [-0.1, -0.05) is 51.2 Å². The lowest BCUT2D eigenvalue weighted by molar-refractivity contribution is -0.140. The molecule has 0 heterocycles. The third-order valence-corrected chi connectivity index (χ3v) is 3.08. The third-order valence-electron chi connectivity index (χ3n) is 2.88. The highest BCUT2D eigenvalue weighted by atomic mass is 32.1. The summed E-state index contributed by atoms with van der Waals surface area (Å²) in [5.41, 5.74) is 5.46. The molecule has 0 saturated heterocycles. The highest BCUT2D eigenvalue weighted by molar-refractivity contribution is 7.80. The van der Waals surface area contributed by atoms with Crippen molar-refractivity contribution in [1.82, 2.24) is 4.90 Å². The second kappa shape index (κ2) is 6.79. The third kappa shape index (κ3) is 4.89. The highest BCUT2D eigenvalue weighted by Crippen LogP contribution is 2.20. The van der Waals surface area contributed by atoms with Crippen molar-refractivity contribution in [3.8, 4) is 0 Å². The number of hydrogen-bond acceptors (Lipinski definition) is 2. The molecule has 0 fully saturated rings. The fourth-order valence-corrected chi connectivity index (χ4v) is 1.90. The van der Waals surface area contributed by atoms with Crippen molar-refractivity contribution in [2.45, 2.75) is 33.7 Å². The van der Waals surface area contributed by atoms with Crippen LogP contribution in [-0.4, -0.2) is 22.3 Å². The lowest BCUT2D eigenvalue weighted by Gasteiger charge is -2.29. The Balaban J connectivity index is 2.90. The van der Waals surface area contributed by atoms with E-state index in [-0.39, 0.29) is 18.3 Å². The largest absolute Gasteiger partial charge is 0.393 e. The summed E-state index contributed by atoms with van der Waals surface area (Å²) in [6.45, 7) is 6.14. The molecule has 20 heavy (non-hydrogen) atoms. The van der Waals surface area contributed by atoms with E-state index in [0.29, 0.717) is 23.5 Å². The van der Waals surface area contributed by atoms with Crippen molar-refractivity contribution >= 4 is 23.1 Å². The van der Waals surface area contributed by atoms with Gasteiger partial charge < -0.3 is 10.6 Å². The van der Waals surface area contributed by atoms with Crippen LogP contribution in [0, 0.1) is 11.2 Å². The maximum atomic E-state index is 13.7. The minimum atomic E-state index is -0.526. The zero-order valence-corrected chi connectivity index (χ0v) is 13.0. The molecule has 0 radical (unpaired) electrons. The molecular formula is C15H21FN2OS. The maximum Gasteiger partial charge on any atom is 0.228 e.